The number of aryl methyl sites for hydroxylation is 1. The highest BCUT2D eigenvalue weighted by molar-refractivity contribution is 7.90. The summed E-state index contributed by atoms with van der Waals surface area (Å²) in [4.78, 5) is 25.5. The molecule has 24 heavy (non-hydrogen) atoms. The van der Waals surface area contributed by atoms with E-state index in [0.717, 1.165) is 25.7 Å². The van der Waals surface area contributed by atoms with Gasteiger partial charge < -0.3 is 4.90 Å². The Morgan fingerprint density at radius 3 is 2.58 bits per heavy atom. The molecule has 1 saturated heterocycles. The summed E-state index contributed by atoms with van der Waals surface area (Å²) in [6.07, 6.45) is 5.09. The SMILES string of the molecule is Cn1[nH]c(=O)cc1C(=O)N1CCCC(S(=O)(=O)NC2CCCC2)C1. The van der Waals surface area contributed by atoms with Gasteiger partial charge >= 0.3 is 0 Å². The Labute approximate surface area is 141 Å². The number of likely N-dealkylation sites (tertiary alicyclic amines) is 1. The van der Waals surface area contributed by atoms with Crippen LogP contribution in [-0.4, -0.2) is 53.4 Å². The Bertz CT molecular complexity index is 761. The number of carbonyl (C=O) groups is 1. The van der Waals surface area contributed by atoms with Gasteiger partial charge in [0.2, 0.25) is 10.0 Å². The van der Waals surface area contributed by atoms with Crippen LogP contribution in [0, 0.1) is 0 Å². The number of hydrogen-bond acceptors (Lipinski definition) is 4. The van der Waals surface area contributed by atoms with E-state index >= 15 is 0 Å². The van der Waals surface area contributed by atoms with Gasteiger partial charge in [0.05, 0.1) is 5.25 Å². The van der Waals surface area contributed by atoms with Crippen molar-refractivity contribution in [2.45, 2.75) is 49.8 Å². The van der Waals surface area contributed by atoms with Crippen LogP contribution in [0.15, 0.2) is 10.9 Å². The van der Waals surface area contributed by atoms with Crippen LogP contribution in [-0.2, 0) is 17.1 Å². The second kappa shape index (κ2) is 6.72. The maximum absolute atomic E-state index is 12.6. The average molecular weight is 356 g/mol. The van der Waals surface area contributed by atoms with E-state index in [0.29, 0.717) is 19.4 Å². The summed E-state index contributed by atoms with van der Waals surface area (Å²) in [5.41, 5.74) is -0.0910. The highest BCUT2D eigenvalue weighted by Gasteiger charge is 2.35. The van der Waals surface area contributed by atoms with Crippen LogP contribution in [0.2, 0.25) is 0 Å². The normalized spacial score (nSPS) is 22.9. The van der Waals surface area contributed by atoms with Gasteiger partial charge in [0.15, 0.2) is 0 Å². The van der Waals surface area contributed by atoms with Gasteiger partial charge in [0.25, 0.3) is 11.5 Å². The van der Waals surface area contributed by atoms with E-state index in [1.165, 1.54) is 15.6 Å². The second-order valence-corrected chi connectivity index (χ2v) is 8.72. The topological polar surface area (TPSA) is 104 Å². The number of aromatic nitrogens is 2. The highest BCUT2D eigenvalue weighted by Crippen LogP contribution is 2.22. The number of aromatic amines is 1. The lowest BCUT2D eigenvalue weighted by atomic mass is 10.1. The smallest absolute Gasteiger partial charge is 0.272 e. The highest BCUT2D eigenvalue weighted by atomic mass is 32.2. The summed E-state index contributed by atoms with van der Waals surface area (Å²) in [5, 5.41) is 1.91. The van der Waals surface area contributed by atoms with E-state index in [1.807, 2.05) is 0 Å². The molecule has 1 aliphatic heterocycles. The predicted molar refractivity (Wildman–Crippen MR) is 89.3 cm³/mol. The van der Waals surface area contributed by atoms with E-state index in [-0.39, 0.29) is 29.7 Å². The fraction of sp³-hybridized carbons (Fsp3) is 0.733. The molecule has 2 N–H and O–H groups in total. The number of H-pyrrole nitrogens is 1. The molecule has 0 spiro atoms. The molecule has 2 fully saturated rings. The van der Waals surface area contributed by atoms with Gasteiger partial charge in [-0.3, -0.25) is 19.4 Å². The Morgan fingerprint density at radius 2 is 1.96 bits per heavy atom. The molecule has 3 rings (SSSR count). The van der Waals surface area contributed by atoms with Crippen molar-refractivity contribution in [2.24, 2.45) is 7.05 Å². The molecular weight excluding hydrogens is 332 g/mol. The van der Waals surface area contributed by atoms with E-state index in [9.17, 15) is 18.0 Å². The first kappa shape index (κ1) is 17.2. The van der Waals surface area contributed by atoms with Crippen LogP contribution in [0.5, 0.6) is 0 Å². The molecule has 2 aliphatic rings. The first-order chi connectivity index (χ1) is 11.4. The largest absolute Gasteiger partial charge is 0.336 e. The lowest BCUT2D eigenvalue weighted by Crippen LogP contribution is -2.50. The van der Waals surface area contributed by atoms with Gasteiger partial charge in [-0.1, -0.05) is 12.8 Å². The van der Waals surface area contributed by atoms with Gasteiger partial charge in [-0.15, -0.1) is 0 Å². The molecule has 8 nitrogen and oxygen atoms in total. The van der Waals surface area contributed by atoms with E-state index < -0.39 is 15.3 Å². The first-order valence-corrected chi connectivity index (χ1v) is 9.98. The quantitative estimate of drug-likeness (QED) is 0.803. The third kappa shape index (κ3) is 3.56. The number of nitrogens with zero attached hydrogens (tertiary/aromatic N) is 2. The molecule has 134 valence electrons. The lowest BCUT2D eigenvalue weighted by Gasteiger charge is -2.33. The fourth-order valence-corrected chi connectivity index (χ4v) is 5.34. The third-order valence-corrected chi connectivity index (χ3v) is 6.84. The van der Waals surface area contributed by atoms with Gasteiger partial charge in [-0.2, -0.15) is 0 Å². The molecule has 1 aromatic heterocycles. The molecule has 1 unspecified atom stereocenters. The number of sulfonamides is 1. The second-order valence-electron chi connectivity index (χ2n) is 6.72. The average Bonchev–Trinajstić information content (AvgIpc) is 3.15. The molecule has 0 aromatic carbocycles. The van der Waals surface area contributed by atoms with Gasteiger partial charge in [0, 0.05) is 32.2 Å². The standard InChI is InChI=1S/C15H24N4O4S/c1-18-13(9-14(20)16-18)15(21)19-8-4-7-12(10-19)24(22,23)17-11-5-2-3-6-11/h9,11-12,17H,2-8,10H2,1H3,(H,16,20). The molecule has 0 radical (unpaired) electrons. The molecule has 2 heterocycles. The summed E-state index contributed by atoms with van der Waals surface area (Å²) in [5.74, 6) is -0.309. The Kier molecular flexibility index (Phi) is 4.82. The number of piperidine rings is 1. The lowest BCUT2D eigenvalue weighted by molar-refractivity contribution is 0.0715. The van der Waals surface area contributed by atoms with Crippen molar-refractivity contribution >= 4 is 15.9 Å². The maximum atomic E-state index is 12.6. The van der Waals surface area contributed by atoms with Crippen LogP contribution in [0.3, 0.4) is 0 Å². The predicted octanol–water partition coefficient (Wildman–Crippen LogP) is 0.180. The molecule has 1 aliphatic carbocycles. The zero-order chi connectivity index (χ0) is 17.3. The van der Waals surface area contributed by atoms with Crippen LogP contribution < -0.4 is 10.3 Å². The first-order valence-electron chi connectivity index (χ1n) is 8.43. The molecule has 9 heteroatoms. The zero-order valence-corrected chi connectivity index (χ0v) is 14.6. The maximum Gasteiger partial charge on any atom is 0.272 e. The van der Waals surface area contributed by atoms with Crippen molar-refractivity contribution in [2.75, 3.05) is 13.1 Å². The van der Waals surface area contributed by atoms with Crippen molar-refractivity contribution in [1.29, 1.82) is 0 Å². The Hall–Kier alpha value is -1.61. The van der Waals surface area contributed by atoms with Crippen LogP contribution in [0.25, 0.3) is 0 Å². The minimum absolute atomic E-state index is 0.0339. The number of nitrogens with one attached hydrogen (secondary N) is 2. The molecular formula is C15H24N4O4S. The molecule has 0 bridgehead atoms. The van der Waals surface area contributed by atoms with Crippen LogP contribution >= 0.6 is 0 Å². The van der Waals surface area contributed by atoms with E-state index in [2.05, 4.69) is 9.82 Å². The van der Waals surface area contributed by atoms with Gasteiger partial charge in [0.1, 0.15) is 5.69 Å². The number of carbonyl (C=O) groups excluding carboxylic acids is 1. The van der Waals surface area contributed by atoms with Crippen LogP contribution in [0.1, 0.15) is 49.0 Å². The zero-order valence-electron chi connectivity index (χ0n) is 13.8. The summed E-state index contributed by atoms with van der Waals surface area (Å²) < 4.78 is 29.4. The third-order valence-electron chi connectivity index (χ3n) is 4.92. The molecule has 1 amide bonds. The van der Waals surface area contributed by atoms with Gasteiger partial charge in [-0.05, 0) is 25.7 Å². The monoisotopic (exact) mass is 356 g/mol. The molecule has 1 atom stereocenters. The summed E-state index contributed by atoms with van der Waals surface area (Å²) in [7, 11) is -1.85. The van der Waals surface area contributed by atoms with Crippen LogP contribution in [0.4, 0.5) is 0 Å². The van der Waals surface area contributed by atoms with E-state index in [4.69, 9.17) is 0 Å². The Morgan fingerprint density at radius 1 is 1.25 bits per heavy atom. The summed E-state index contributed by atoms with van der Waals surface area (Å²) in [6.45, 7) is 0.675. The van der Waals surface area contributed by atoms with Gasteiger partial charge in [-0.25, -0.2) is 13.1 Å². The summed E-state index contributed by atoms with van der Waals surface area (Å²) >= 11 is 0. The van der Waals surface area contributed by atoms with Crippen molar-refractivity contribution < 1.29 is 13.2 Å². The minimum Gasteiger partial charge on any atom is -0.336 e. The van der Waals surface area contributed by atoms with Crippen molar-refractivity contribution in [3.63, 3.8) is 0 Å². The number of amides is 1. The molecule has 1 aromatic rings. The number of rotatable bonds is 4. The van der Waals surface area contributed by atoms with Crippen molar-refractivity contribution in [3.8, 4) is 0 Å². The fourth-order valence-electron chi connectivity index (χ4n) is 3.59. The number of hydrogen-bond donors (Lipinski definition) is 2. The van der Waals surface area contributed by atoms with E-state index in [1.54, 1.807) is 7.05 Å². The minimum atomic E-state index is -3.44. The van der Waals surface area contributed by atoms with Crippen molar-refractivity contribution in [1.82, 2.24) is 19.4 Å². The molecule has 1 saturated carbocycles. The van der Waals surface area contributed by atoms with Crippen molar-refractivity contribution in [3.05, 3.63) is 22.1 Å². The Balaban J connectivity index is 1.70. The summed E-state index contributed by atoms with van der Waals surface area (Å²) in [6, 6.07) is 1.28.